The van der Waals surface area contributed by atoms with Crippen LogP contribution in [0.1, 0.15) is 17.0 Å². The minimum Gasteiger partial charge on any atom is -0.469 e. The molecule has 1 heterocycles. The molecule has 0 unspecified atom stereocenters. The number of carbonyl (C=O) groups excluding carboxylic acids is 2. The van der Waals surface area contributed by atoms with E-state index in [4.69, 9.17) is 9.15 Å². The largest absolute Gasteiger partial charge is 0.469 e. The Morgan fingerprint density at radius 3 is 2.58 bits per heavy atom. The summed E-state index contributed by atoms with van der Waals surface area (Å²) in [4.78, 5) is 24.8. The predicted molar refractivity (Wildman–Crippen MR) is 70.8 cm³/mol. The number of methoxy groups -OCH3 is 2. The Bertz CT molecular complexity index is 432. The molecule has 1 aromatic rings. The highest BCUT2D eigenvalue weighted by atomic mass is 79.9. The minimum absolute atomic E-state index is 0.133. The predicted octanol–water partition coefficient (Wildman–Crippen LogP) is 1.69. The lowest BCUT2D eigenvalue weighted by molar-refractivity contribution is -0.140. The van der Waals surface area contributed by atoms with Crippen LogP contribution >= 0.6 is 15.9 Å². The van der Waals surface area contributed by atoms with Crippen molar-refractivity contribution in [3.05, 3.63) is 22.6 Å². The van der Waals surface area contributed by atoms with Gasteiger partial charge in [-0.1, -0.05) is 0 Å². The summed E-state index contributed by atoms with van der Waals surface area (Å²) in [6.45, 7) is 1.02. The molecular formula is C12H16BrNO5. The Morgan fingerprint density at radius 1 is 1.32 bits per heavy atom. The molecule has 0 aromatic carbocycles. The second-order valence-electron chi connectivity index (χ2n) is 3.71. The van der Waals surface area contributed by atoms with E-state index >= 15 is 0 Å². The smallest absolute Gasteiger partial charge is 0.307 e. The molecule has 0 radical (unpaired) electrons. The minimum atomic E-state index is -0.365. The van der Waals surface area contributed by atoms with Crippen LogP contribution < -0.4 is 0 Å². The summed E-state index contributed by atoms with van der Waals surface area (Å²) in [6, 6.07) is 3.21. The van der Waals surface area contributed by atoms with Crippen LogP contribution in [0.5, 0.6) is 0 Å². The number of amides is 1. The Labute approximate surface area is 119 Å². The average Bonchev–Trinajstić information content (AvgIpc) is 2.84. The van der Waals surface area contributed by atoms with E-state index in [0.717, 1.165) is 0 Å². The van der Waals surface area contributed by atoms with Gasteiger partial charge in [-0.25, -0.2) is 0 Å². The molecule has 0 aliphatic carbocycles. The van der Waals surface area contributed by atoms with Crippen LogP contribution in [-0.2, 0) is 14.3 Å². The molecule has 1 rings (SSSR count). The summed E-state index contributed by atoms with van der Waals surface area (Å²) < 4.78 is 15.2. The van der Waals surface area contributed by atoms with E-state index in [-0.39, 0.29) is 30.6 Å². The van der Waals surface area contributed by atoms with Gasteiger partial charge < -0.3 is 18.8 Å². The van der Waals surface area contributed by atoms with Gasteiger partial charge in [0.2, 0.25) is 0 Å². The first-order valence-corrected chi connectivity index (χ1v) is 6.48. The lowest BCUT2D eigenvalue weighted by Crippen LogP contribution is -2.35. The molecule has 1 aromatic heterocycles. The van der Waals surface area contributed by atoms with Crippen molar-refractivity contribution >= 4 is 27.8 Å². The van der Waals surface area contributed by atoms with E-state index in [9.17, 15) is 9.59 Å². The van der Waals surface area contributed by atoms with E-state index < -0.39 is 0 Å². The van der Waals surface area contributed by atoms with E-state index in [1.807, 2.05) is 0 Å². The number of hydrogen-bond acceptors (Lipinski definition) is 5. The van der Waals surface area contributed by atoms with Crippen LogP contribution in [0.3, 0.4) is 0 Å². The summed E-state index contributed by atoms with van der Waals surface area (Å²) in [5.74, 6) is -0.435. The molecule has 0 atom stereocenters. The van der Waals surface area contributed by atoms with Crippen molar-refractivity contribution in [3.63, 3.8) is 0 Å². The molecule has 0 aliphatic rings. The maximum Gasteiger partial charge on any atom is 0.307 e. The Kier molecular flexibility index (Phi) is 6.58. The molecule has 0 fully saturated rings. The zero-order valence-corrected chi connectivity index (χ0v) is 12.4. The van der Waals surface area contributed by atoms with Gasteiger partial charge in [0, 0.05) is 20.2 Å². The normalized spacial score (nSPS) is 10.3. The van der Waals surface area contributed by atoms with Crippen molar-refractivity contribution in [3.8, 4) is 0 Å². The zero-order chi connectivity index (χ0) is 14.3. The molecule has 19 heavy (non-hydrogen) atoms. The second-order valence-corrected chi connectivity index (χ2v) is 4.50. The number of nitrogens with zero attached hydrogens (tertiary/aromatic N) is 1. The fourth-order valence-corrected chi connectivity index (χ4v) is 1.74. The van der Waals surface area contributed by atoms with E-state index in [2.05, 4.69) is 20.7 Å². The van der Waals surface area contributed by atoms with Gasteiger partial charge in [0.1, 0.15) is 0 Å². The molecule has 0 saturated carbocycles. The van der Waals surface area contributed by atoms with E-state index in [1.165, 1.54) is 12.0 Å². The van der Waals surface area contributed by atoms with Crippen LogP contribution in [0.15, 0.2) is 21.2 Å². The van der Waals surface area contributed by atoms with Crippen LogP contribution in [-0.4, -0.2) is 50.7 Å². The first-order chi connectivity index (χ1) is 9.08. The number of furan rings is 1. The molecule has 0 N–H and O–H groups in total. The standard InChI is InChI=1S/C12H16BrNO5/c1-17-8-7-14(6-5-11(15)18-2)12(16)9-3-4-10(13)19-9/h3-4H,5-8H2,1-2H3. The lowest BCUT2D eigenvalue weighted by atomic mass is 10.3. The number of rotatable bonds is 7. The van der Waals surface area contributed by atoms with Gasteiger partial charge in [-0.3, -0.25) is 9.59 Å². The third-order valence-corrected chi connectivity index (χ3v) is 2.88. The topological polar surface area (TPSA) is 69.0 Å². The average molecular weight is 334 g/mol. The summed E-state index contributed by atoms with van der Waals surface area (Å²) in [5, 5.41) is 0. The van der Waals surface area contributed by atoms with Crippen molar-refractivity contribution in [2.24, 2.45) is 0 Å². The first-order valence-electron chi connectivity index (χ1n) is 5.69. The number of halogens is 1. The van der Waals surface area contributed by atoms with Gasteiger partial charge in [0.15, 0.2) is 10.4 Å². The maximum absolute atomic E-state index is 12.2. The molecule has 0 spiro atoms. The van der Waals surface area contributed by atoms with Gasteiger partial charge in [0.25, 0.3) is 5.91 Å². The number of hydrogen-bond donors (Lipinski definition) is 0. The highest BCUT2D eigenvalue weighted by Crippen LogP contribution is 2.16. The fraction of sp³-hybridized carbons (Fsp3) is 0.500. The summed E-state index contributed by atoms with van der Waals surface area (Å²) in [5.41, 5.74) is 0. The third kappa shape index (κ3) is 5.04. The lowest BCUT2D eigenvalue weighted by Gasteiger charge is -2.20. The molecule has 106 valence electrons. The second kappa shape index (κ2) is 7.96. The van der Waals surface area contributed by atoms with Crippen LogP contribution in [0.25, 0.3) is 0 Å². The molecule has 0 saturated heterocycles. The quantitative estimate of drug-likeness (QED) is 0.710. The highest BCUT2D eigenvalue weighted by Gasteiger charge is 2.19. The van der Waals surface area contributed by atoms with Gasteiger partial charge in [-0.15, -0.1) is 0 Å². The van der Waals surface area contributed by atoms with Crippen molar-refractivity contribution < 1.29 is 23.5 Å². The van der Waals surface area contributed by atoms with Gasteiger partial charge in [-0.05, 0) is 28.1 Å². The van der Waals surface area contributed by atoms with Crippen molar-refractivity contribution in [1.29, 1.82) is 0 Å². The van der Waals surface area contributed by atoms with Gasteiger partial charge in [-0.2, -0.15) is 0 Å². The molecule has 6 nitrogen and oxygen atoms in total. The molecule has 1 amide bonds. The molecule has 7 heteroatoms. The van der Waals surface area contributed by atoms with E-state index in [1.54, 1.807) is 19.2 Å². The Hall–Kier alpha value is -1.34. The third-order valence-electron chi connectivity index (χ3n) is 2.45. The SMILES string of the molecule is COCCN(CCC(=O)OC)C(=O)c1ccc(Br)o1. The van der Waals surface area contributed by atoms with Crippen molar-refractivity contribution in [1.82, 2.24) is 4.90 Å². The van der Waals surface area contributed by atoms with E-state index in [0.29, 0.717) is 17.8 Å². The zero-order valence-electron chi connectivity index (χ0n) is 10.8. The highest BCUT2D eigenvalue weighted by molar-refractivity contribution is 9.10. The maximum atomic E-state index is 12.2. The monoisotopic (exact) mass is 333 g/mol. The van der Waals surface area contributed by atoms with Crippen LogP contribution in [0.4, 0.5) is 0 Å². The van der Waals surface area contributed by atoms with Crippen LogP contribution in [0, 0.1) is 0 Å². The molecule has 0 aliphatic heterocycles. The Balaban J connectivity index is 2.66. The first kappa shape index (κ1) is 15.7. The summed E-state index contributed by atoms with van der Waals surface area (Å²) in [7, 11) is 2.86. The number of ether oxygens (including phenoxy) is 2. The van der Waals surface area contributed by atoms with Crippen molar-refractivity contribution in [2.45, 2.75) is 6.42 Å². The number of carbonyl (C=O) groups is 2. The summed E-state index contributed by atoms with van der Waals surface area (Å²) >= 11 is 3.14. The van der Waals surface area contributed by atoms with Gasteiger partial charge in [0.05, 0.1) is 20.1 Å². The molecular weight excluding hydrogens is 318 g/mol. The fourth-order valence-electron chi connectivity index (χ4n) is 1.43. The van der Waals surface area contributed by atoms with Gasteiger partial charge >= 0.3 is 5.97 Å². The van der Waals surface area contributed by atoms with Crippen LogP contribution in [0.2, 0.25) is 0 Å². The molecule has 0 bridgehead atoms. The summed E-state index contributed by atoms with van der Waals surface area (Å²) in [6.07, 6.45) is 0.133. The Morgan fingerprint density at radius 2 is 2.05 bits per heavy atom. The van der Waals surface area contributed by atoms with Crippen molar-refractivity contribution in [2.75, 3.05) is 33.9 Å². The number of esters is 1.